The summed E-state index contributed by atoms with van der Waals surface area (Å²) in [4.78, 5) is 12.1. The molecular weight excluding hydrogens is 581 g/mol. The zero-order chi connectivity index (χ0) is 33.5. The minimum atomic E-state index is -0.654. The van der Waals surface area contributed by atoms with Crippen LogP contribution in [0.2, 0.25) is 0 Å². The first-order valence-electron chi connectivity index (χ1n) is 15.9. The quantitative estimate of drug-likeness (QED) is 0.201. The van der Waals surface area contributed by atoms with Crippen molar-refractivity contribution in [2.75, 3.05) is 4.90 Å². The van der Waals surface area contributed by atoms with E-state index in [0.717, 1.165) is 45.3 Å². The number of phenolic OH excluding ortho intramolecular Hbond substituents is 1. The molecule has 0 saturated carbocycles. The van der Waals surface area contributed by atoms with Gasteiger partial charge in [0.15, 0.2) is 11.6 Å². The minimum absolute atomic E-state index is 0.0159. The maximum Gasteiger partial charge on any atom is 0.165 e. The Morgan fingerprint density at radius 1 is 0.660 bits per heavy atom. The summed E-state index contributed by atoms with van der Waals surface area (Å²) in [5.74, 6) is -0.302. The summed E-state index contributed by atoms with van der Waals surface area (Å²) in [6.07, 6.45) is 1.84. The van der Waals surface area contributed by atoms with E-state index in [2.05, 4.69) is 89.8 Å². The Morgan fingerprint density at radius 3 is 2.02 bits per heavy atom. The largest absolute Gasteiger partial charge is 0.504 e. The second kappa shape index (κ2) is 12.5. The van der Waals surface area contributed by atoms with E-state index < -0.39 is 5.82 Å². The van der Waals surface area contributed by atoms with Crippen LogP contribution in [-0.4, -0.2) is 15.1 Å². The molecule has 5 heteroatoms. The number of hydrogen-bond acceptors (Lipinski definition) is 4. The number of hydrogen-bond donors (Lipinski definition) is 1. The molecule has 4 nitrogen and oxygen atoms in total. The highest BCUT2D eigenvalue weighted by Crippen LogP contribution is 2.42. The molecule has 0 fully saturated rings. The van der Waals surface area contributed by atoms with Gasteiger partial charge in [0.1, 0.15) is 5.82 Å². The molecule has 2 aromatic heterocycles. The average molecular weight is 622 g/mol. The zero-order valence-electron chi connectivity index (χ0n) is 28.1. The van der Waals surface area contributed by atoms with Gasteiger partial charge in [-0.05, 0) is 120 Å². The fourth-order valence-electron chi connectivity index (χ4n) is 6.36. The standard InChI is InChI=1S/C42H40FN3O/c1-26-12-8-13-27(2)39(26)31-20-21-44-37(25-31)36-18-11-19-38(45-36)46(40-28(3)22-32(23-29(40)4)42(5,6)7)33-15-9-14-30(24-33)34-16-10-17-35(43)41(34)47/h8-25,47H,1-7H3. The number of rotatable bonds is 6. The molecule has 0 bridgehead atoms. The van der Waals surface area contributed by atoms with Gasteiger partial charge in [0.05, 0.1) is 17.1 Å². The fraction of sp³-hybridized carbons (Fsp3) is 0.190. The first-order valence-corrected chi connectivity index (χ1v) is 15.9. The maximum absolute atomic E-state index is 14.4. The molecule has 2 heterocycles. The van der Waals surface area contributed by atoms with E-state index in [1.165, 1.54) is 28.3 Å². The van der Waals surface area contributed by atoms with Crippen LogP contribution in [0.5, 0.6) is 5.75 Å². The SMILES string of the molecule is Cc1cccc(C)c1-c1ccnc(-c2cccc(N(c3cccc(-c4cccc(F)c4O)c3)c3c(C)cc(C(C)(C)C)cc3C)n2)c1. The molecule has 6 aromatic rings. The molecule has 0 aliphatic heterocycles. The van der Waals surface area contributed by atoms with Crippen LogP contribution in [0.4, 0.5) is 21.6 Å². The first-order chi connectivity index (χ1) is 22.4. The van der Waals surface area contributed by atoms with Crippen molar-refractivity contribution in [3.63, 3.8) is 0 Å². The molecule has 0 radical (unpaired) electrons. The number of aryl methyl sites for hydroxylation is 4. The lowest BCUT2D eigenvalue weighted by Crippen LogP contribution is -2.17. The van der Waals surface area contributed by atoms with Gasteiger partial charge in [-0.15, -0.1) is 0 Å². The van der Waals surface area contributed by atoms with E-state index in [9.17, 15) is 9.50 Å². The molecule has 0 atom stereocenters. The van der Waals surface area contributed by atoms with Crippen LogP contribution in [0.25, 0.3) is 33.6 Å². The van der Waals surface area contributed by atoms with Crippen LogP contribution < -0.4 is 4.90 Å². The van der Waals surface area contributed by atoms with Gasteiger partial charge in [-0.2, -0.15) is 0 Å². The number of nitrogens with zero attached hydrogens (tertiary/aromatic N) is 3. The lowest BCUT2D eigenvalue weighted by Gasteiger charge is -2.30. The lowest BCUT2D eigenvalue weighted by molar-refractivity contribution is 0.434. The van der Waals surface area contributed by atoms with Gasteiger partial charge in [0, 0.05) is 17.4 Å². The smallest absolute Gasteiger partial charge is 0.165 e. The summed E-state index contributed by atoms with van der Waals surface area (Å²) >= 11 is 0. The van der Waals surface area contributed by atoms with Gasteiger partial charge in [-0.25, -0.2) is 9.37 Å². The molecule has 4 aromatic carbocycles. The third-order valence-corrected chi connectivity index (χ3v) is 8.74. The number of benzene rings is 4. The number of halogens is 1. The first kappa shape index (κ1) is 31.7. The molecule has 0 saturated heterocycles. The second-order valence-electron chi connectivity index (χ2n) is 13.3. The Kier molecular flexibility index (Phi) is 8.42. The summed E-state index contributed by atoms with van der Waals surface area (Å²) in [5.41, 5.74) is 12.7. The summed E-state index contributed by atoms with van der Waals surface area (Å²) in [7, 11) is 0. The van der Waals surface area contributed by atoms with Crippen LogP contribution >= 0.6 is 0 Å². The summed E-state index contributed by atoms with van der Waals surface area (Å²) in [6.45, 7) is 15.2. The number of phenols is 1. The molecule has 236 valence electrons. The van der Waals surface area contributed by atoms with Crippen LogP contribution in [0, 0.1) is 33.5 Å². The van der Waals surface area contributed by atoms with E-state index in [0.29, 0.717) is 11.1 Å². The normalized spacial score (nSPS) is 11.5. The van der Waals surface area contributed by atoms with Gasteiger partial charge >= 0.3 is 0 Å². The number of aromatic hydroxyl groups is 1. The predicted molar refractivity (Wildman–Crippen MR) is 192 cm³/mol. The molecule has 0 aliphatic rings. The molecule has 1 N–H and O–H groups in total. The van der Waals surface area contributed by atoms with Crippen molar-refractivity contribution in [1.82, 2.24) is 9.97 Å². The van der Waals surface area contributed by atoms with Crippen molar-refractivity contribution >= 4 is 17.2 Å². The van der Waals surface area contributed by atoms with E-state index in [-0.39, 0.29) is 11.2 Å². The third kappa shape index (κ3) is 6.26. The lowest BCUT2D eigenvalue weighted by atomic mass is 9.84. The molecule has 6 rings (SSSR count). The third-order valence-electron chi connectivity index (χ3n) is 8.74. The highest BCUT2D eigenvalue weighted by Gasteiger charge is 2.23. The Hall–Kier alpha value is -5.29. The Labute approximate surface area is 277 Å². The molecule has 0 amide bonds. The second-order valence-corrected chi connectivity index (χ2v) is 13.3. The molecule has 0 spiro atoms. The monoisotopic (exact) mass is 621 g/mol. The zero-order valence-corrected chi connectivity index (χ0v) is 28.1. The van der Waals surface area contributed by atoms with Crippen molar-refractivity contribution in [2.24, 2.45) is 0 Å². The number of pyridine rings is 2. The van der Waals surface area contributed by atoms with Gasteiger partial charge in [0.2, 0.25) is 0 Å². The van der Waals surface area contributed by atoms with Crippen molar-refractivity contribution < 1.29 is 9.50 Å². The van der Waals surface area contributed by atoms with Crippen molar-refractivity contribution in [1.29, 1.82) is 0 Å². The van der Waals surface area contributed by atoms with Crippen LogP contribution in [0.15, 0.2) is 109 Å². The Bertz CT molecular complexity index is 2070. The van der Waals surface area contributed by atoms with Crippen molar-refractivity contribution in [3.05, 3.63) is 143 Å². The van der Waals surface area contributed by atoms with Gasteiger partial charge in [-0.1, -0.05) is 81.4 Å². The predicted octanol–water partition coefficient (Wildman–Crippen LogP) is 11.3. The van der Waals surface area contributed by atoms with E-state index in [1.807, 2.05) is 54.7 Å². The minimum Gasteiger partial charge on any atom is -0.504 e. The topological polar surface area (TPSA) is 49.2 Å². The maximum atomic E-state index is 14.4. The number of para-hydroxylation sites is 1. The molecule has 47 heavy (non-hydrogen) atoms. The van der Waals surface area contributed by atoms with Crippen molar-refractivity contribution in [2.45, 2.75) is 53.9 Å². The summed E-state index contributed by atoms with van der Waals surface area (Å²) in [6, 6.07) is 33.4. The van der Waals surface area contributed by atoms with Gasteiger partial charge in [-0.3, -0.25) is 9.88 Å². The van der Waals surface area contributed by atoms with Crippen LogP contribution in [0.1, 0.15) is 48.6 Å². The number of anilines is 3. The van der Waals surface area contributed by atoms with Crippen molar-refractivity contribution in [3.8, 4) is 39.4 Å². The molecule has 0 aliphatic carbocycles. The van der Waals surface area contributed by atoms with Crippen LogP contribution in [-0.2, 0) is 5.41 Å². The number of aromatic nitrogens is 2. The molecular formula is C42H40FN3O. The van der Waals surface area contributed by atoms with Crippen LogP contribution in [0.3, 0.4) is 0 Å². The highest BCUT2D eigenvalue weighted by molar-refractivity contribution is 5.83. The highest BCUT2D eigenvalue weighted by atomic mass is 19.1. The summed E-state index contributed by atoms with van der Waals surface area (Å²) < 4.78 is 14.4. The van der Waals surface area contributed by atoms with Gasteiger partial charge in [0.25, 0.3) is 0 Å². The van der Waals surface area contributed by atoms with E-state index in [4.69, 9.17) is 9.97 Å². The average Bonchev–Trinajstić information content (AvgIpc) is 3.04. The fourth-order valence-corrected chi connectivity index (χ4v) is 6.36. The molecule has 0 unspecified atom stereocenters. The Balaban J connectivity index is 1.53. The summed E-state index contributed by atoms with van der Waals surface area (Å²) in [5, 5.41) is 10.6. The van der Waals surface area contributed by atoms with E-state index >= 15 is 0 Å². The van der Waals surface area contributed by atoms with E-state index in [1.54, 1.807) is 12.1 Å². The Morgan fingerprint density at radius 2 is 1.32 bits per heavy atom. The van der Waals surface area contributed by atoms with Gasteiger partial charge < -0.3 is 5.11 Å².